The third-order valence-corrected chi connectivity index (χ3v) is 4.12. The van der Waals surface area contributed by atoms with Crippen LogP contribution in [-0.4, -0.2) is 21.9 Å². The lowest BCUT2D eigenvalue weighted by Crippen LogP contribution is -2.61. The van der Waals surface area contributed by atoms with E-state index < -0.39 is 11.7 Å². The fraction of sp³-hybridized carbons (Fsp3) is 1.00. The van der Waals surface area contributed by atoms with Crippen molar-refractivity contribution in [3.8, 4) is 0 Å². The van der Waals surface area contributed by atoms with E-state index in [4.69, 9.17) is 0 Å². The zero-order valence-electron chi connectivity index (χ0n) is 7.88. The highest BCUT2D eigenvalue weighted by Crippen LogP contribution is 2.53. The molecule has 3 fully saturated rings. The van der Waals surface area contributed by atoms with E-state index in [9.17, 15) is 10.2 Å². The van der Waals surface area contributed by atoms with Gasteiger partial charge in [0.05, 0.1) is 11.7 Å². The Labute approximate surface area is 73.6 Å². The van der Waals surface area contributed by atoms with E-state index in [0.29, 0.717) is 5.92 Å². The minimum Gasteiger partial charge on any atom is -0.390 e. The van der Waals surface area contributed by atoms with Gasteiger partial charge in [0, 0.05) is 0 Å². The molecule has 70 valence electrons. The van der Waals surface area contributed by atoms with Crippen molar-refractivity contribution in [3.05, 3.63) is 0 Å². The Balaban J connectivity index is 2.32. The van der Waals surface area contributed by atoms with Crippen LogP contribution >= 0.6 is 0 Å². The van der Waals surface area contributed by atoms with Gasteiger partial charge in [-0.1, -0.05) is 13.8 Å². The molecule has 0 saturated heterocycles. The van der Waals surface area contributed by atoms with Gasteiger partial charge in [-0.15, -0.1) is 0 Å². The predicted molar refractivity (Wildman–Crippen MR) is 46.7 cm³/mol. The molecule has 2 nitrogen and oxygen atoms in total. The summed E-state index contributed by atoms with van der Waals surface area (Å²) in [4.78, 5) is 0. The van der Waals surface area contributed by atoms with Crippen molar-refractivity contribution >= 4 is 0 Å². The normalized spacial score (nSPS) is 51.0. The lowest BCUT2D eigenvalue weighted by Gasteiger charge is -2.56. The van der Waals surface area contributed by atoms with E-state index >= 15 is 0 Å². The Morgan fingerprint density at radius 1 is 1.17 bits per heavy atom. The third kappa shape index (κ3) is 0.882. The van der Waals surface area contributed by atoms with E-state index in [-0.39, 0.29) is 5.41 Å². The standard InChI is InChI=1S/C10H18O2/c1-9(2)7-3-5-10(12,6-4-7)8(9)11/h7-8,11-12H,3-6H2,1-2H3. The molecule has 0 aromatic heterocycles. The molecule has 3 aliphatic carbocycles. The lowest BCUT2D eigenvalue weighted by molar-refractivity contribution is -0.208. The maximum absolute atomic E-state index is 10.1. The zero-order valence-corrected chi connectivity index (χ0v) is 7.88. The summed E-state index contributed by atoms with van der Waals surface area (Å²) in [6.45, 7) is 4.15. The molecule has 0 amide bonds. The summed E-state index contributed by atoms with van der Waals surface area (Å²) in [5.41, 5.74) is -0.844. The smallest absolute Gasteiger partial charge is 0.0911 e. The van der Waals surface area contributed by atoms with Gasteiger partial charge in [0.25, 0.3) is 0 Å². The fourth-order valence-corrected chi connectivity index (χ4v) is 3.05. The molecule has 0 aromatic rings. The largest absolute Gasteiger partial charge is 0.390 e. The molecule has 0 spiro atoms. The molecule has 3 saturated carbocycles. The number of hydrogen-bond acceptors (Lipinski definition) is 2. The Kier molecular flexibility index (Phi) is 1.59. The molecule has 2 bridgehead atoms. The summed E-state index contributed by atoms with van der Waals surface area (Å²) < 4.78 is 0. The van der Waals surface area contributed by atoms with E-state index in [1.54, 1.807) is 0 Å². The Morgan fingerprint density at radius 2 is 1.67 bits per heavy atom. The van der Waals surface area contributed by atoms with Crippen LogP contribution in [0.4, 0.5) is 0 Å². The first kappa shape index (κ1) is 8.52. The molecule has 0 aromatic carbocycles. The van der Waals surface area contributed by atoms with Gasteiger partial charge in [-0.3, -0.25) is 0 Å². The van der Waals surface area contributed by atoms with Crippen LogP contribution in [0.15, 0.2) is 0 Å². The highest BCUT2D eigenvalue weighted by molar-refractivity contribution is 5.07. The first-order chi connectivity index (χ1) is 5.47. The molecule has 2 heteroatoms. The second-order valence-corrected chi connectivity index (χ2v) is 5.10. The van der Waals surface area contributed by atoms with Crippen LogP contribution in [-0.2, 0) is 0 Å². The van der Waals surface area contributed by atoms with Gasteiger partial charge >= 0.3 is 0 Å². The van der Waals surface area contributed by atoms with Crippen LogP contribution in [0.25, 0.3) is 0 Å². The zero-order chi connectivity index (χ0) is 8.98. The summed E-state index contributed by atoms with van der Waals surface area (Å²) in [6, 6.07) is 0. The van der Waals surface area contributed by atoms with Crippen molar-refractivity contribution in [1.29, 1.82) is 0 Å². The molecule has 0 radical (unpaired) electrons. The maximum Gasteiger partial charge on any atom is 0.0911 e. The van der Waals surface area contributed by atoms with Crippen molar-refractivity contribution in [1.82, 2.24) is 0 Å². The number of aliphatic hydroxyl groups is 2. The average Bonchev–Trinajstić information content (AvgIpc) is 2.01. The molecule has 12 heavy (non-hydrogen) atoms. The van der Waals surface area contributed by atoms with Gasteiger partial charge in [-0.25, -0.2) is 0 Å². The Hall–Kier alpha value is -0.0800. The Bertz CT molecular complexity index is 185. The van der Waals surface area contributed by atoms with Gasteiger partial charge < -0.3 is 10.2 Å². The molecule has 0 heterocycles. The molecule has 0 aliphatic heterocycles. The molecular formula is C10H18O2. The monoisotopic (exact) mass is 170 g/mol. The first-order valence-corrected chi connectivity index (χ1v) is 4.87. The van der Waals surface area contributed by atoms with Crippen LogP contribution < -0.4 is 0 Å². The maximum atomic E-state index is 10.1. The van der Waals surface area contributed by atoms with Gasteiger partial charge in [0.2, 0.25) is 0 Å². The number of rotatable bonds is 0. The van der Waals surface area contributed by atoms with Crippen LogP contribution in [0.1, 0.15) is 39.5 Å². The van der Waals surface area contributed by atoms with Crippen molar-refractivity contribution < 1.29 is 10.2 Å². The molecule has 2 N–H and O–H groups in total. The number of fused-ring (bicyclic) bond motifs is 3. The van der Waals surface area contributed by atoms with Crippen molar-refractivity contribution in [3.63, 3.8) is 0 Å². The summed E-state index contributed by atoms with van der Waals surface area (Å²) in [5.74, 6) is 0.613. The van der Waals surface area contributed by atoms with E-state index in [1.165, 1.54) is 0 Å². The topological polar surface area (TPSA) is 40.5 Å². The summed E-state index contributed by atoms with van der Waals surface area (Å²) >= 11 is 0. The van der Waals surface area contributed by atoms with E-state index in [2.05, 4.69) is 13.8 Å². The SMILES string of the molecule is CC1(C)C2CCC(O)(CC2)C1O. The predicted octanol–water partition coefficient (Wildman–Crippen LogP) is 1.31. The highest BCUT2D eigenvalue weighted by atomic mass is 16.3. The van der Waals surface area contributed by atoms with Gasteiger partial charge in [0.15, 0.2) is 0 Å². The summed E-state index contributed by atoms with van der Waals surface area (Å²) in [7, 11) is 0. The number of hydrogen-bond donors (Lipinski definition) is 2. The van der Waals surface area contributed by atoms with Crippen LogP contribution in [0.5, 0.6) is 0 Å². The van der Waals surface area contributed by atoms with E-state index in [1.807, 2.05) is 0 Å². The Morgan fingerprint density at radius 3 is 2.00 bits per heavy atom. The minimum absolute atomic E-state index is 0.0781. The van der Waals surface area contributed by atoms with Crippen LogP contribution in [0, 0.1) is 11.3 Å². The molecule has 1 atom stereocenters. The quantitative estimate of drug-likeness (QED) is 0.575. The molecule has 3 aliphatic rings. The first-order valence-electron chi connectivity index (χ1n) is 4.87. The third-order valence-electron chi connectivity index (χ3n) is 4.12. The average molecular weight is 170 g/mol. The van der Waals surface area contributed by atoms with E-state index in [0.717, 1.165) is 25.7 Å². The van der Waals surface area contributed by atoms with Crippen molar-refractivity contribution in [2.24, 2.45) is 11.3 Å². The number of aliphatic hydroxyl groups excluding tert-OH is 1. The van der Waals surface area contributed by atoms with Gasteiger partial charge in [-0.05, 0) is 37.0 Å². The molecular weight excluding hydrogens is 152 g/mol. The van der Waals surface area contributed by atoms with Crippen molar-refractivity contribution in [2.75, 3.05) is 0 Å². The second-order valence-electron chi connectivity index (χ2n) is 5.10. The van der Waals surface area contributed by atoms with Gasteiger partial charge in [-0.2, -0.15) is 0 Å². The van der Waals surface area contributed by atoms with Crippen molar-refractivity contribution in [2.45, 2.75) is 51.2 Å². The lowest BCUT2D eigenvalue weighted by atomic mass is 9.54. The van der Waals surface area contributed by atoms with Crippen LogP contribution in [0.3, 0.4) is 0 Å². The highest BCUT2D eigenvalue weighted by Gasteiger charge is 2.55. The molecule has 1 unspecified atom stereocenters. The molecule has 3 rings (SSSR count). The second kappa shape index (κ2) is 2.24. The van der Waals surface area contributed by atoms with Gasteiger partial charge in [0.1, 0.15) is 0 Å². The minimum atomic E-state index is -0.766. The van der Waals surface area contributed by atoms with Crippen LogP contribution in [0.2, 0.25) is 0 Å². The fourth-order valence-electron chi connectivity index (χ4n) is 3.05. The summed E-state index contributed by atoms with van der Waals surface area (Å²) in [6.07, 6.45) is 3.24. The summed E-state index contributed by atoms with van der Waals surface area (Å²) in [5, 5.41) is 20.0.